The van der Waals surface area contributed by atoms with Crippen molar-refractivity contribution >= 4 is 0 Å². The molecular formula is C15H23NO. The number of aliphatic hydroxyl groups is 1. The SMILES string of the molecule is CCC(O)C1(c2ccccc2)CCN(C)CC1. The predicted molar refractivity (Wildman–Crippen MR) is 71.1 cm³/mol. The molecule has 94 valence electrons. The summed E-state index contributed by atoms with van der Waals surface area (Å²) in [6.45, 7) is 4.23. The Morgan fingerprint density at radius 3 is 2.35 bits per heavy atom. The number of nitrogens with zero attached hydrogens (tertiary/aromatic N) is 1. The highest BCUT2D eigenvalue weighted by atomic mass is 16.3. The van der Waals surface area contributed by atoms with Gasteiger partial charge in [0.15, 0.2) is 0 Å². The molecule has 1 unspecified atom stereocenters. The monoisotopic (exact) mass is 233 g/mol. The number of likely N-dealkylation sites (tertiary alicyclic amines) is 1. The zero-order chi connectivity index (χ0) is 12.3. The molecule has 1 aliphatic rings. The van der Waals surface area contributed by atoms with Gasteiger partial charge >= 0.3 is 0 Å². The summed E-state index contributed by atoms with van der Waals surface area (Å²) in [7, 11) is 2.16. The van der Waals surface area contributed by atoms with E-state index in [2.05, 4.69) is 43.1 Å². The third-order valence-electron chi connectivity index (χ3n) is 4.25. The summed E-state index contributed by atoms with van der Waals surface area (Å²) in [5.74, 6) is 0. The molecule has 0 aromatic heterocycles. The van der Waals surface area contributed by atoms with Gasteiger partial charge in [-0.2, -0.15) is 0 Å². The van der Waals surface area contributed by atoms with Gasteiger partial charge in [0.1, 0.15) is 0 Å². The molecule has 17 heavy (non-hydrogen) atoms. The average molecular weight is 233 g/mol. The molecular weight excluding hydrogens is 210 g/mol. The lowest BCUT2D eigenvalue weighted by Crippen LogP contribution is -2.48. The van der Waals surface area contributed by atoms with Crippen LogP contribution in [0, 0.1) is 0 Å². The largest absolute Gasteiger partial charge is 0.392 e. The van der Waals surface area contributed by atoms with Crippen molar-refractivity contribution in [3.05, 3.63) is 35.9 Å². The molecule has 1 aliphatic heterocycles. The van der Waals surface area contributed by atoms with E-state index >= 15 is 0 Å². The first kappa shape index (κ1) is 12.6. The van der Waals surface area contributed by atoms with E-state index in [-0.39, 0.29) is 11.5 Å². The summed E-state index contributed by atoms with van der Waals surface area (Å²) in [5, 5.41) is 10.5. The normalized spacial score (nSPS) is 22.3. The zero-order valence-corrected chi connectivity index (χ0v) is 10.9. The Labute approximate surface area is 104 Å². The van der Waals surface area contributed by atoms with Crippen LogP contribution in [0.15, 0.2) is 30.3 Å². The predicted octanol–water partition coefficient (Wildman–Crippen LogP) is 2.42. The molecule has 0 spiro atoms. The van der Waals surface area contributed by atoms with E-state index in [0.717, 1.165) is 32.4 Å². The summed E-state index contributed by atoms with van der Waals surface area (Å²) >= 11 is 0. The van der Waals surface area contributed by atoms with Crippen molar-refractivity contribution < 1.29 is 5.11 Å². The number of hydrogen-bond donors (Lipinski definition) is 1. The summed E-state index contributed by atoms with van der Waals surface area (Å²) in [5.41, 5.74) is 1.28. The average Bonchev–Trinajstić information content (AvgIpc) is 2.40. The molecule has 0 saturated carbocycles. The van der Waals surface area contributed by atoms with Crippen LogP contribution in [-0.4, -0.2) is 36.2 Å². The quantitative estimate of drug-likeness (QED) is 0.866. The van der Waals surface area contributed by atoms with Gasteiger partial charge in [0, 0.05) is 5.41 Å². The zero-order valence-electron chi connectivity index (χ0n) is 10.9. The first-order valence-electron chi connectivity index (χ1n) is 6.61. The van der Waals surface area contributed by atoms with Crippen LogP contribution in [0.5, 0.6) is 0 Å². The maximum Gasteiger partial charge on any atom is 0.0635 e. The Kier molecular flexibility index (Phi) is 3.85. The molecule has 1 N–H and O–H groups in total. The number of hydrogen-bond acceptors (Lipinski definition) is 2. The maximum atomic E-state index is 10.5. The van der Waals surface area contributed by atoms with Gasteiger partial charge in [0.2, 0.25) is 0 Å². The Morgan fingerprint density at radius 1 is 1.24 bits per heavy atom. The molecule has 1 heterocycles. The highest BCUT2D eigenvalue weighted by molar-refractivity contribution is 5.28. The van der Waals surface area contributed by atoms with Crippen LogP contribution in [0.1, 0.15) is 31.7 Å². The lowest BCUT2D eigenvalue weighted by Gasteiger charge is -2.44. The summed E-state index contributed by atoms with van der Waals surface area (Å²) in [6, 6.07) is 10.6. The van der Waals surface area contributed by atoms with Gasteiger partial charge in [-0.05, 0) is 45.0 Å². The molecule has 0 aliphatic carbocycles. The summed E-state index contributed by atoms with van der Waals surface area (Å²) in [6.07, 6.45) is 2.72. The molecule has 1 aromatic rings. The van der Waals surface area contributed by atoms with E-state index in [1.54, 1.807) is 0 Å². The number of piperidine rings is 1. The van der Waals surface area contributed by atoms with Crippen LogP contribution < -0.4 is 0 Å². The second-order valence-corrected chi connectivity index (χ2v) is 5.25. The minimum Gasteiger partial charge on any atom is -0.392 e. The van der Waals surface area contributed by atoms with Crippen LogP contribution in [0.25, 0.3) is 0 Å². The molecule has 1 atom stereocenters. The highest BCUT2D eigenvalue weighted by Crippen LogP contribution is 2.39. The van der Waals surface area contributed by atoms with Gasteiger partial charge in [0.05, 0.1) is 6.10 Å². The van der Waals surface area contributed by atoms with E-state index in [1.165, 1.54) is 5.56 Å². The Morgan fingerprint density at radius 2 is 1.82 bits per heavy atom. The lowest BCUT2D eigenvalue weighted by atomic mass is 9.68. The minimum absolute atomic E-state index is 0.0253. The second-order valence-electron chi connectivity index (χ2n) is 5.25. The number of aliphatic hydroxyl groups excluding tert-OH is 1. The second kappa shape index (κ2) is 5.19. The van der Waals surface area contributed by atoms with Crippen LogP contribution in [-0.2, 0) is 5.41 Å². The fourth-order valence-electron chi connectivity index (χ4n) is 2.99. The molecule has 1 aromatic carbocycles. The Bertz CT molecular complexity index is 341. The molecule has 1 saturated heterocycles. The van der Waals surface area contributed by atoms with E-state index in [9.17, 15) is 5.11 Å². The van der Waals surface area contributed by atoms with Gasteiger partial charge in [-0.1, -0.05) is 37.3 Å². The van der Waals surface area contributed by atoms with Crippen molar-refractivity contribution in [3.63, 3.8) is 0 Å². The maximum absolute atomic E-state index is 10.5. The highest BCUT2D eigenvalue weighted by Gasteiger charge is 2.40. The third kappa shape index (κ3) is 2.38. The van der Waals surface area contributed by atoms with Crippen molar-refractivity contribution in [2.24, 2.45) is 0 Å². The molecule has 2 rings (SSSR count). The van der Waals surface area contributed by atoms with Gasteiger partial charge in [0.25, 0.3) is 0 Å². The standard InChI is InChI=1S/C15H23NO/c1-3-14(17)15(9-11-16(2)12-10-15)13-7-5-4-6-8-13/h4-8,14,17H,3,9-12H2,1-2H3. The van der Waals surface area contributed by atoms with Crippen LogP contribution in [0.2, 0.25) is 0 Å². The molecule has 2 heteroatoms. The van der Waals surface area contributed by atoms with Crippen LogP contribution >= 0.6 is 0 Å². The van der Waals surface area contributed by atoms with Crippen LogP contribution in [0.3, 0.4) is 0 Å². The molecule has 0 radical (unpaired) electrons. The molecule has 0 bridgehead atoms. The van der Waals surface area contributed by atoms with Crippen molar-refractivity contribution in [3.8, 4) is 0 Å². The van der Waals surface area contributed by atoms with Gasteiger partial charge < -0.3 is 10.0 Å². The fraction of sp³-hybridized carbons (Fsp3) is 0.600. The Hall–Kier alpha value is -0.860. The van der Waals surface area contributed by atoms with E-state index in [0.29, 0.717) is 0 Å². The van der Waals surface area contributed by atoms with E-state index in [1.807, 2.05) is 6.07 Å². The number of benzene rings is 1. The van der Waals surface area contributed by atoms with Gasteiger partial charge in [-0.3, -0.25) is 0 Å². The van der Waals surface area contributed by atoms with E-state index < -0.39 is 0 Å². The third-order valence-corrected chi connectivity index (χ3v) is 4.25. The van der Waals surface area contributed by atoms with Gasteiger partial charge in [-0.25, -0.2) is 0 Å². The van der Waals surface area contributed by atoms with Crippen LogP contribution in [0.4, 0.5) is 0 Å². The molecule has 1 fully saturated rings. The van der Waals surface area contributed by atoms with Crippen molar-refractivity contribution in [2.45, 2.75) is 37.7 Å². The van der Waals surface area contributed by atoms with Gasteiger partial charge in [-0.15, -0.1) is 0 Å². The summed E-state index contributed by atoms with van der Waals surface area (Å²) in [4.78, 5) is 2.35. The molecule has 2 nitrogen and oxygen atoms in total. The van der Waals surface area contributed by atoms with E-state index in [4.69, 9.17) is 0 Å². The Balaban J connectivity index is 2.31. The fourth-order valence-corrected chi connectivity index (χ4v) is 2.99. The lowest BCUT2D eigenvalue weighted by molar-refractivity contribution is 0.0335. The van der Waals surface area contributed by atoms with Crippen molar-refractivity contribution in [1.29, 1.82) is 0 Å². The topological polar surface area (TPSA) is 23.5 Å². The first-order chi connectivity index (χ1) is 8.19. The van der Waals surface area contributed by atoms with Crippen molar-refractivity contribution in [1.82, 2.24) is 4.90 Å². The summed E-state index contributed by atoms with van der Waals surface area (Å²) < 4.78 is 0. The van der Waals surface area contributed by atoms with Crippen molar-refractivity contribution in [2.75, 3.05) is 20.1 Å². The minimum atomic E-state index is -0.224. The smallest absolute Gasteiger partial charge is 0.0635 e. The first-order valence-corrected chi connectivity index (χ1v) is 6.61. The number of rotatable bonds is 3. The molecule has 0 amide bonds.